The molecule has 1 saturated heterocycles. The fraction of sp³-hybridized carbons (Fsp3) is 0.846. The van der Waals surface area contributed by atoms with Gasteiger partial charge in [-0.1, -0.05) is 13.3 Å². The molecule has 0 aliphatic carbocycles. The van der Waals surface area contributed by atoms with E-state index in [1.807, 2.05) is 18.7 Å². The Morgan fingerprint density at radius 1 is 1.39 bits per heavy atom. The van der Waals surface area contributed by atoms with Crippen molar-refractivity contribution in [3.8, 4) is 0 Å². The van der Waals surface area contributed by atoms with E-state index in [1.54, 1.807) is 4.90 Å². The molecule has 0 spiro atoms. The molecule has 2 amide bonds. The summed E-state index contributed by atoms with van der Waals surface area (Å²) in [7, 11) is 0. The number of carboxylic acids is 1. The van der Waals surface area contributed by atoms with Gasteiger partial charge in [-0.15, -0.1) is 0 Å². The van der Waals surface area contributed by atoms with Crippen LogP contribution in [-0.4, -0.2) is 52.6 Å². The van der Waals surface area contributed by atoms with Gasteiger partial charge in [-0.2, -0.15) is 0 Å². The van der Waals surface area contributed by atoms with Crippen LogP contribution in [0.1, 0.15) is 40.0 Å². The highest BCUT2D eigenvalue weighted by Crippen LogP contribution is 2.25. The maximum Gasteiger partial charge on any atom is 0.320 e. The summed E-state index contributed by atoms with van der Waals surface area (Å²) in [5, 5.41) is 9.07. The lowest BCUT2D eigenvalue weighted by atomic mass is 10.0. The van der Waals surface area contributed by atoms with Crippen molar-refractivity contribution in [2.24, 2.45) is 5.92 Å². The molecule has 0 aromatic heterocycles. The molecule has 1 heterocycles. The Morgan fingerprint density at radius 3 is 2.50 bits per heavy atom. The quantitative estimate of drug-likeness (QED) is 0.818. The molecule has 0 bridgehead atoms. The number of amides is 2. The molecule has 1 N–H and O–H groups in total. The Labute approximate surface area is 109 Å². The number of carbonyl (C=O) groups is 2. The highest BCUT2D eigenvalue weighted by atomic mass is 16.4. The van der Waals surface area contributed by atoms with Crippen LogP contribution in [0.4, 0.5) is 4.79 Å². The SMILES string of the molecule is CCCCN(CC)C(=O)N1CCC(C(=O)O)C1C. The second kappa shape index (κ2) is 6.61. The van der Waals surface area contributed by atoms with E-state index in [-0.39, 0.29) is 12.1 Å². The topological polar surface area (TPSA) is 60.9 Å². The minimum atomic E-state index is -0.797. The van der Waals surface area contributed by atoms with Crippen LogP contribution in [0.2, 0.25) is 0 Å². The first kappa shape index (κ1) is 14.8. The van der Waals surface area contributed by atoms with Crippen LogP contribution in [0.15, 0.2) is 0 Å². The van der Waals surface area contributed by atoms with Gasteiger partial charge in [-0.25, -0.2) is 4.79 Å². The highest BCUT2D eigenvalue weighted by molar-refractivity contribution is 5.78. The van der Waals surface area contributed by atoms with Crippen molar-refractivity contribution < 1.29 is 14.7 Å². The van der Waals surface area contributed by atoms with E-state index in [2.05, 4.69) is 6.92 Å². The average Bonchev–Trinajstić information content (AvgIpc) is 2.71. The number of nitrogens with zero attached hydrogens (tertiary/aromatic N) is 2. The molecule has 0 aromatic carbocycles. The van der Waals surface area contributed by atoms with Crippen molar-refractivity contribution in [1.82, 2.24) is 9.80 Å². The van der Waals surface area contributed by atoms with Gasteiger partial charge < -0.3 is 14.9 Å². The summed E-state index contributed by atoms with van der Waals surface area (Å²) in [6.45, 7) is 7.88. The van der Waals surface area contributed by atoms with Crippen LogP contribution in [0.5, 0.6) is 0 Å². The molecular weight excluding hydrogens is 232 g/mol. The van der Waals surface area contributed by atoms with Gasteiger partial charge in [0.05, 0.1) is 5.92 Å². The number of unbranched alkanes of at least 4 members (excludes halogenated alkanes) is 1. The normalized spacial score (nSPS) is 23.2. The van der Waals surface area contributed by atoms with Crippen molar-refractivity contribution in [2.75, 3.05) is 19.6 Å². The third-order valence-corrected chi connectivity index (χ3v) is 3.75. The molecule has 0 radical (unpaired) electrons. The van der Waals surface area contributed by atoms with E-state index in [1.165, 1.54) is 0 Å². The van der Waals surface area contributed by atoms with Gasteiger partial charge >= 0.3 is 12.0 Å². The number of carboxylic acid groups (broad SMARTS) is 1. The first-order valence-electron chi connectivity index (χ1n) is 6.81. The summed E-state index contributed by atoms with van der Waals surface area (Å²) >= 11 is 0. The van der Waals surface area contributed by atoms with E-state index >= 15 is 0 Å². The summed E-state index contributed by atoms with van der Waals surface area (Å²) in [5.41, 5.74) is 0. The van der Waals surface area contributed by atoms with Gasteiger partial charge in [0.15, 0.2) is 0 Å². The molecule has 0 aromatic rings. The van der Waals surface area contributed by atoms with E-state index in [4.69, 9.17) is 5.11 Å². The number of hydrogen-bond acceptors (Lipinski definition) is 2. The van der Waals surface area contributed by atoms with Crippen LogP contribution in [-0.2, 0) is 4.79 Å². The Bertz CT molecular complexity index is 307. The van der Waals surface area contributed by atoms with E-state index in [9.17, 15) is 9.59 Å². The fourth-order valence-electron chi connectivity index (χ4n) is 2.46. The molecule has 2 unspecified atom stereocenters. The zero-order chi connectivity index (χ0) is 13.7. The standard InChI is InChI=1S/C13H24N2O3/c1-4-6-8-14(5-2)13(18)15-9-7-11(10(15)3)12(16)17/h10-11H,4-9H2,1-3H3,(H,16,17). The zero-order valence-electron chi connectivity index (χ0n) is 11.6. The summed E-state index contributed by atoms with van der Waals surface area (Å²) < 4.78 is 0. The third kappa shape index (κ3) is 3.15. The number of urea groups is 1. The monoisotopic (exact) mass is 256 g/mol. The molecule has 1 fully saturated rings. The van der Waals surface area contributed by atoms with Gasteiger partial charge in [0, 0.05) is 25.7 Å². The van der Waals surface area contributed by atoms with Crippen molar-refractivity contribution in [3.63, 3.8) is 0 Å². The van der Waals surface area contributed by atoms with Crippen molar-refractivity contribution in [1.29, 1.82) is 0 Å². The molecule has 2 atom stereocenters. The van der Waals surface area contributed by atoms with Gasteiger partial charge in [-0.05, 0) is 26.7 Å². The molecule has 1 aliphatic heterocycles. The molecule has 5 heteroatoms. The van der Waals surface area contributed by atoms with Gasteiger partial charge in [0.1, 0.15) is 0 Å². The molecule has 1 aliphatic rings. The third-order valence-electron chi connectivity index (χ3n) is 3.75. The highest BCUT2D eigenvalue weighted by Gasteiger charge is 2.39. The lowest BCUT2D eigenvalue weighted by molar-refractivity contribution is -0.142. The second-order valence-electron chi connectivity index (χ2n) is 4.88. The summed E-state index contributed by atoms with van der Waals surface area (Å²) in [6, 6.07) is -0.215. The molecule has 104 valence electrons. The van der Waals surface area contributed by atoms with Gasteiger partial charge in [0.2, 0.25) is 0 Å². The molecule has 0 saturated carbocycles. The Balaban J connectivity index is 2.63. The van der Waals surface area contributed by atoms with E-state index < -0.39 is 11.9 Å². The van der Waals surface area contributed by atoms with Crippen molar-refractivity contribution in [2.45, 2.75) is 46.1 Å². The molecular formula is C13H24N2O3. The lowest BCUT2D eigenvalue weighted by Gasteiger charge is -2.30. The maximum atomic E-state index is 12.3. The van der Waals surface area contributed by atoms with Crippen LogP contribution in [0, 0.1) is 5.92 Å². The van der Waals surface area contributed by atoms with Crippen molar-refractivity contribution in [3.05, 3.63) is 0 Å². The fourth-order valence-corrected chi connectivity index (χ4v) is 2.46. The average molecular weight is 256 g/mol. The van der Waals surface area contributed by atoms with E-state index in [0.29, 0.717) is 19.5 Å². The predicted molar refractivity (Wildman–Crippen MR) is 69.5 cm³/mol. The molecule has 18 heavy (non-hydrogen) atoms. The smallest absolute Gasteiger partial charge is 0.320 e. The number of carbonyl (C=O) groups excluding carboxylic acids is 1. The van der Waals surface area contributed by atoms with Gasteiger partial charge in [-0.3, -0.25) is 4.79 Å². The Hall–Kier alpha value is -1.26. The van der Waals surface area contributed by atoms with Crippen LogP contribution >= 0.6 is 0 Å². The second-order valence-corrected chi connectivity index (χ2v) is 4.88. The molecule has 5 nitrogen and oxygen atoms in total. The summed E-state index contributed by atoms with van der Waals surface area (Å²) in [4.78, 5) is 26.9. The predicted octanol–water partition coefficient (Wildman–Crippen LogP) is 2.02. The van der Waals surface area contributed by atoms with E-state index in [0.717, 1.165) is 19.4 Å². The van der Waals surface area contributed by atoms with Crippen LogP contribution < -0.4 is 0 Å². The lowest BCUT2D eigenvalue weighted by Crippen LogP contribution is -2.46. The number of rotatable bonds is 5. The Morgan fingerprint density at radius 2 is 2.06 bits per heavy atom. The summed E-state index contributed by atoms with van der Waals surface area (Å²) in [5.74, 6) is -1.21. The first-order valence-corrected chi connectivity index (χ1v) is 6.81. The molecule has 1 rings (SSSR count). The Kier molecular flexibility index (Phi) is 5.44. The minimum absolute atomic E-state index is 0.0119. The number of hydrogen-bond donors (Lipinski definition) is 1. The zero-order valence-corrected chi connectivity index (χ0v) is 11.6. The number of aliphatic carboxylic acids is 1. The van der Waals surface area contributed by atoms with Gasteiger partial charge in [0.25, 0.3) is 0 Å². The van der Waals surface area contributed by atoms with Crippen molar-refractivity contribution >= 4 is 12.0 Å². The minimum Gasteiger partial charge on any atom is -0.481 e. The number of likely N-dealkylation sites (tertiary alicyclic amines) is 1. The first-order chi connectivity index (χ1) is 8.52. The summed E-state index contributed by atoms with van der Waals surface area (Å²) in [6.07, 6.45) is 2.61. The van der Waals surface area contributed by atoms with Crippen LogP contribution in [0.25, 0.3) is 0 Å². The largest absolute Gasteiger partial charge is 0.481 e. The van der Waals surface area contributed by atoms with Crippen LogP contribution in [0.3, 0.4) is 0 Å². The maximum absolute atomic E-state index is 12.3.